The van der Waals surface area contributed by atoms with Crippen molar-refractivity contribution in [2.75, 3.05) is 13.1 Å². The maximum absolute atomic E-state index is 14.0. The number of carbonyl (C=O) groups is 1. The second-order valence-corrected chi connectivity index (χ2v) is 11.7. The standard InChI is InChI=1S/C32H35FN4O/c33-24-11-13-27-26(19-24)25(14-15-34-27)20-4-6-21(7-5-20)30(22-8-9-22)31-35-28-12-10-23(18-29(28)36-31)32(38)37-16-2-1-3-17-37/h10-15,18-22,30H,1-9,16-17H2,(H,35,36). The molecule has 4 aromatic rings. The van der Waals surface area contributed by atoms with Crippen LogP contribution in [0.5, 0.6) is 0 Å². The highest BCUT2D eigenvalue weighted by atomic mass is 19.1. The number of pyridine rings is 1. The molecule has 0 radical (unpaired) electrons. The average molecular weight is 511 g/mol. The first-order valence-corrected chi connectivity index (χ1v) is 14.5. The highest BCUT2D eigenvalue weighted by molar-refractivity contribution is 5.97. The SMILES string of the molecule is O=C(c1ccc2nc(C(C3CCC(c4ccnc5ccc(F)cc45)CC3)C3CC3)[nH]c2c1)N1CCCCC1. The molecule has 38 heavy (non-hydrogen) atoms. The van der Waals surface area contributed by atoms with Crippen LogP contribution in [0.15, 0.2) is 48.7 Å². The molecule has 5 nitrogen and oxygen atoms in total. The summed E-state index contributed by atoms with van der Waals surface area (Å²) in [5.74, 6) is 3.22. The fraction of sp³-hybridized carbons (Fsp3) is 0.469. The molecule has 2 aromatic heterocycles. The number of likely N-dealkylation sites (tertiary alicyclic amines) is 1. The third-order valence-electron chi connectivity index (χ3n) is 9.29. The molecule has 1 atom stereocenters. The Labute approximate surface area is 222 Å². The molecular weight excluding hydrogens is 475 g/mol. The van der Waals surface area contributed by atoms with Gasteiger partial charge in [0.15, 0.2) is 0 Å². The van der Waals surface area contributed by atoms with E-state index in [0.717, 1.165) is 84.9 Å². The Hall–Kier alpha value is -3.28. The van der Waals surface area contributed by atoms with E-state index in [0.29, 0.717) is 23.7 Å². The van der Waals surface area contributed by atoms with Crippen molar-refractivity contribution < 1.29 is 9.18 Å². The number of rotatable bonds is 5. The largest absolute Gasteiger partial charge is 0.342 e. The Morgan fingerprint density at radius 2 is 1.63 bits per heavy atom. The number of halogens is 1. The van der Waals surface area contributed by atoms with Gasteiger partial charge in [-0.25, -0.2) is 9.37 Å². The summed E-state index contributed by atoms with van der Waals surface area (Å²) in [6.45, 7) is 1.73. The third-order valence-corrected chi connectivity index (χ3v) is 9.29. The molecule has 196 valence electrons. The lowest BCUT2D eigenvalue weighted by Gasteiger charge is -2.34. The number of hydrogen-bond donors (Lipinski definition) is 1. The summed E-state index contributed by atoms with van der Waals surface area (Å²) < 4.78 is 14.0. The molecule has 0 bridgehead atoms. The number of fused-ring (bicyclic) bond motifs is 2. The molecule has 1 saturated heterocycles. The quantitative estimate of drug-likeness (QED) is 0.305. The van der Waals surface area contributed by atoms with Gasteiger partial charge in [-0.1, -0.05) is 0 Å². The number of nitrogens with zero attached hydrogens (tertiary/aromatic N) is 3. The van der Waals surface area contributed by atoms with Crippen molar-refractivity contribution in [3.8, 4) is 0 Å². The average Bonchev–Trinajstić information content (AvgIpc) is 3.70. The normalized spacial score (nSPS) is 23.1. The van der Waals surface area contributed by atoms with E-state index in [-0.39, 0.29) is 11.7 Å². The summed E-state index contributed by atoms with van der Waals surface area (Å²) in [7, 11) is 0. The lowest BCUT2D eigenvalue weighted by atomic mass is 9.72. The molecular formula is C32H35FN4O. The summed E-state index contributed by atoms with van der Waals surface area (Å²) in [6.07, 6.45) is 12.4. The molecule has 1 N–H and O–H groups in total. The van der Waals surface area contributed by atoms with Gasteiger partial charge in [-0.05, 0) is 124 Å². The van der Waals surface area contributed by atoms with E-state index in [9.17, 15) is 9.18 Å². The monoisotopic (exact) mass is 510 g/mol. The second kappa shape index (κ2) is 9.79. The maximum Gasteiger partial charge on any atom is 0.253 e. The summed E-state index contributed by atoms with van der Waals surface area (Å²) in [6, 6.07) is 13.0. The van der Waals surface area contributed by atoms with Crippen LogP contribution >= 0.6 is 0 Å². The maximum atomic E-state index is 14.0. The molecule has 3 heterocycles. The van der Waals surface area contributed by atoms with Gasteiger partial charge in [0.05, 0.1) is 16.6 Å². The van der Waals surface area contributed by atoms with Crippen LogP contribution in [0.3, 0.4) is 0 Å². The number of nitrogens with one attached hydrogen (secondary N) is 1. The fourth-order valence-electron chi connectivity index (χ4n) is 7.17. The number of aromatic nitrogens is 3. The minimum absolute atomic E-state index is 0.142. The number of amides is 1. The van der Waals surface area contributed by atoms with Crippen LogP contribution in [-0.4, -0.2) is 38.8 Å². The van der Waals surface area contributed by atoms with Crippen LogP contribution in [0.4, 0.5) is 4.39 Å². The van der Waals surface area contributed by atoms with Crippen molar-refractivity contribution in [2.24, 2.45) is 11.8 Å². The molecule has 0 spiro atoms. The van der Waals surface area contributed by atoms with Crippen LogP contribution in [0, 0.1) is 17.7 Å². The number of aromatic amines is 1. The van der Waals surface area contributed by atoms with Crippen molar-refractivity contribution in [3.05, 3.63) is 71.4 Å². The van der Waals surface area contributed by atoms with Crippen molar-refractivity contribution in [2.45, 2.75) is 69.6 Å². The van der Waals surface area contributed by atoms with Gasteiger partial charge in [0.2, 0.25) is 0 Å². The van der Waals surface area contributed by atoms with Crippen LogP contribution in [0.1, 0.15) is 91.4 Å². The van der Waals surface area contributed by atoms with E-state index in [4.69, 9.17) is 4.98 Å². The lowest BCUT2D eigenvalue weighted by molar-refractivity contribution is 0.0724. The van der Waals surface area contributed by atoms with Crippen LogP contribution in [0.2, 0.25) is 0 Å². The zero-order chi connectivity index (χ0) is 25.6. The highest BCUT2D eigenvalue weighted by Gasteiger charge is 2.41. The Kier molecular flexibility index (Phi) is 6.13. The fourth-order valence-corrected chi connectivity index (χ4v) is 7.17. The summed E-state index contributed by atoms with van der Waals surface area (Å²) in [5.41, 5.74) is 4.82. The van der Waals surface area contributed by atoms with Gasteiger partial charge in [-0.3, -0.25) is 9.78 Å². The van der Waals surface area contributed by atoms with Gasteiger partial charge < -0.3 is 9.88 Å². The second-order valence-electron chi connectivity index (χ2n) is 11.7. The molecule has 7 rings (SSSR count). The highest BCUT2D eigenvalue weighted by Crippen LogP contribution is 2.52. The van der Waals surface area contributed by atoms with Crippen molar-refractivity contribution in [1.82, 2.24) is 19.9 Å². The minimum atomic E-state index is -0.195. The van der Waals surface area contributed by atoms with E-state index >= 15 is 0 Å². The Bertz CT molecular complexity index is 1480. The molecule has 6 heteroatoms. The van der Waals surface area contributed by atoms with E-state index in [1.807, 2.05) is 29.3 Å². The lowest BCUT2D eigenvalue weighted by Crippen LogP contribution is -2.35. The zero-order valence-electron chi connectivity index (χ0n) is 21.8. The van der Waals surface area contributed by atoms with Gasteiger partial charge in [0, 0.05) is 36.2 Å². The third kappa shape index (κ3) is 4.48. The number of hydrogen-bond acceptors (Lipinski definition) is 3. The van der Waals surface area contributed by atoms with Crippen LogP contribution < -0.4 is 0 Å². The number of piperidine rings is 1. The minimum Gasteiger partial charge on any atom is -0.342 e. The molecule has 2 aromatic carbocycles. The first kappa shape index (κ1) is 23.8. The van der Waals surface area contributed by atoms with Gasteiger partial charge in [0.25, 0.3) is 5.91 Å². The number of carbonyl (C=O) groups excluding carboxylic acids is 1. The van der Waals surface area contributed by atoms with Gasteiger partial charge in [-0.15, -0.1) is 0 Å². The topological polar surface area (TPSA) is 61.9 Å². The van der Waals surface area contributed by atoms with Gasteiger partial charge >= 0.3 is 0 Å². The first-order valence-electron chi connectivity index (χ1n) is 14.5. The van der Waals surface area contributed by atoms with Crippen molar-refractivity contribution in [3.63, 3.8) is 0 Å². The summed E-state index contributed by atoms with van der Waals surface area (Å²) >= 11 is 0. The Morgan fingerprint density at radius 1 is 0.895 bits per heavy atom. The molecule has 2 saturated carbocycles. The molecule has 2 aliphatic carbocycles. The molecule has 1 unspecified atom stereocenters. The van der Waals surface area contributed by atoms with Crippen molar-refractivity contribution in [1.29, 1.82) is 0 Å². The molecule has 1 aliphatic heterocycles. The first-order chi connectivity index (χ1) is 18.6. The van der Waals surface area contributed by atoms with Crippen molar-refractivity contribution >= 4 is 27.8 Å². The predicted octanol–water partition coefficient (Wildman–Crippen LogP) is 7.34. The summed E-state index contributed by atoms with van der Waals surface area (Å²) in [4.78, 5) is 28.2. The molecule has 3 fully saturated rings. The van der Waals surface area contributed by atoms with Crippen LogP contribution in [-0.2, 0) is 0 Å². The predicted molar refractivity (Wildman–Crippen MR) is 148 cm³/mol. The number of imidazole rings is 1. The van der Waals surface area contributed by atoms with Gasteiger partial charge in [0.1, 0.15) is 11.6 Å². The zero-order valence-corrected chi connectivity index (χ0v) is 21.8. The Balaban J connectivity index is 1.10. The van der Waals surface area contributed by atoms with E-state index in [1.165, 1.54) is 30.9 Å². The molecule has 1 amide bonds. The van der Waals surface area contributed by atoms with Crippen LogP contribution in [0.25, 0.3) is 21.9 Å². The van der Waals surface area contributed by atoms with Gasteiger partial charge in [-0.2, -0.15) is 0 Å². The number of H-pyrrole nitrogens is 1. The van der Waals surface area contributed by atoms with E-state index < -0.39 is 0 Å². The smallest absolute Gasteiger partial charge is 0.253 e. The summed E-state index contributed by atoms with van der Waals surface area (Å²) in [5, 5.41) is 0.960. The van der Waals surface area contributed by atoms with E-state index in [2.05, 4.69) is 16.0 Å². The number of benzene rings is 2. The molecule has 3 aliphatic rings. The Morgan fingerprint density at radius 3 is 2.39 bits per heavy atom. The van der Waals surface area contributed by atoms with E-state index in [1.54, 1.807) is 12.1 Å².